The van der Waals surface area contributed by atoms with E-state index in [1.807, 2.05) is 0 Å². The Kier molecular flexibility index (Phi) is 4.48. The Morgan fingerprint density at radius 3 is 2.33 bits per heavy atom. The zero-order valence-corrected chi connectivity index (χ0v) is 13.2. The van der Waals surface area contributed by atoms with Crippen molar-refractivity contribution in [3.8, 4) is 0 Å². The highest BCUT2D eigenvalue weighted by atomic mass is 35.5. The van der Waals surface area contributed by atoms with Crippen LogP contribution < -0.4 is 10.5 Å². The molecule has 0 saturated heterocycles. The van der Waals surface area contributed by atoms with E-state index >= 15 is 0 Å². The molecule has 9 heteroatoms. The number of rotatable bonds is 4. The minimum absolute atomic E-state index is 0.0157. The second-order valence-corrected chi connectivity index (χ2v) is 6.83. The monoisotopic (exact) mass is 351 g/mol. The van der Waals surface area contributed by atoms with Gasteiger partial charge in [-0.25, -0.2) is 12.8 Å². The van der Waals surface area contributed by atoms with Crippen molar-refractivity contribution in [1.82, 2.24) is 4.57 Å². The van der Waals surface area contributed by atoms with Crippen LogP contribution in [-0.2, 0) is 23.6 Å². The first-order valence-corrected chi connectivity index (χ1v) is 8.01. The van der Waals surface area contributed by atoms with Crippen LogP contribution in [0, 0.1) is 5.82 Å². The molecule has 0 aliphatic carbocycles. The van der Waals surface area contributed by atoms with Gasteiger partial charge in [0.25, 0.3) is 10.0 Å². The van der Waals surface area contributed by atoms with Crippen LogP contribution in [0.4, 0.5) is 10.1 Å². The first-order chi connectivity index (χ1) is 9.74. The van der Waals surface area contributed by atoms with Crippen LogP contribution in [0.15, 0.2) is 29.3 Å². The number of aryl methyl sites for hydroxylation is 1. The molecule has 5 nitrogen and oxygen atoms in total. The van der Waals surface area contributed by atoms with Gasteiger partial charge in [0.2, 0.25) is 0 Å². The van der Waals surface area contributed by atoms with Gasteiger partial charge in [0.05, 0.1) is 15.7 Å². The van der Waals surface area contributed by atoms with E-state index < -0.39 is 15.8 Å². The van der Waals surface area contributed by atoms with Crippen LogP contribution in [0.2, 0.25) is 10.0 Å². The Bertz CT molecular complexity index is 767. The lowest BCUT2D eigenvalue weighted by molar-refractivity contribution is 0.601. The van der Waals surface area contributed by atoms with Crippen molar-refractivity contribution in [3.05, 3.63) is 46.0 Å². The molecule has 0 bridgehead atoms. The normalized spacial score (nSPS) is 11.7. The van der Waals surface area contributed by atoms with E-state index in [4.69, 9.17) is 28.9 Å². The van der Waals surface area contributed by atoms with Crippen LogP contribution in [0.5, 0.6) is 0 Å². The molecule has 0 spiro atoms. The molecule has 2 aromatic rings. The third-order valence-electron chi connectivity index (χ3n) is 2.85. The van der Waals surface area contributed by atoms with Crippen LogP contribution in [0.1, 0.15) is 5.69 Å². The average molecular weight is 352 g/mol. The molecule has 0 fully saturated rings. The van der Waals surface area contributed by atoms with E-state index in [0.717, 1.165) is 12.1 Å². The Balaban J connectivity index is 2.42. The van der Waals surface area contributed by atoms with E-state index in [9.17, 15) is 12.8 Å². The maximum Gasteiger partial charge on any atom is 0.263 e. The molecule has 2 rings (SSSR count). The smallest absolute Gasteiger partial charge is 0.263 e. The summed E-state index contributed by atoms with van der Waals surface area (Å²) in [6.07, 6.45) is 1.41. The SMILES string of the molecule is Cn1cc(S(=O)(=O)Nc2c(Cl)cc(F)cc2Cl)cc1CN. The van der Waals surface area contributed by atoms with Crippen molar-refractivity contribution < 1.29 is 12.8 Å². The number of hydrogen-bond donors (Lipinski definition) is 2. The molecular formula is C12H12Cl2FN3O2S. The fraction of sp³-hybridized carbons (Fsp3) is 0.167. The molecule has 3 N–H and O–H groups in total. The quantitative estimate of drug-likeness (QED) is 0.888. The van der Waals surface area contributed by atoms with Crippen molar-refractivity contribution in [2.75, 3.05) is 4.72 Å². The number of nitrogens with two attached hydrogens (primary N) is 1. The van der Waals surface area contributed by atoms with Gasteiger partial charge in [-0.3, -0.25) is 4.72 Å². The highest BCUT2D eigenvalue weighted by Gasteiger charge is 2.20. The maximum absolute atomic E-state index is 13.1. The fourth-order valence-corrected chi connectivity index (χ4v) is 3.62. The van der Waals surface area contributed by atoms with Crippen molar-refractivity contribution in [1.29, 1.82) is 0 Å². The summed E-state index contributed by atoms with van der Waals surface area (Å²) in [4.78, 5) is 0.0157. The highest BCUT2D eigenvalue weighted by molar-refractivity contribution is 7.92. The molecule has 0 aliphatic rings. The number of anilines is 1. The largest absolute Gasteiger partial charge is 0.352 e. The molecule has 0 amide bonds. The predicted octanol–water partition coefficient (Wildman–Crippen LogP) is 2.73. The van der Waals surface area contributed by atoms with Crippen molar-refractivity contribution in [2.24, 2.45) is 12.8 Å². The minimum atomic E-state index is -3.90. The molecule has 0 radical (unpaired) electrons. The van der Waals surface area contributed by atoms with Crippen LogP contribution in [0.3, 0.4) is 0 Å². The van der Waals surface area contributed by atoms with E-state index in [1.165, 1.54) is 12.3 Å². The molecule has 0 saturated carbocycles. The van der Waals surface area contributed by atoms with E-state index in [2.05, 4.69) is 4.72 Å². The molecule has 0 atom stereocenters. The number of sulfonamides is 1. The average Bonchev–Trinajstić information content (AvgIpc) is 2.76. The number of nitrogens with zero attached hydrogens (tertiary/aromatic N) is 1. The lowest BCUT2D eigenvalue weighted by atomic mass is 10.3. The van der Waals surface area contributed by atoms with Crippen LogP contribution in [0.25, 0.3) is 0 Å². The summed E-state index contributed by atoms with van der Waals surface area (Å²) in [5, 5.41) is -0.253. The molecule has 1 heterocycles. The van der Waals surface area contributed by atoms with Gasteiger partial charge in [-0.15, -0.1) is 0 Å². The number of halogens is 3. The number of aromatic nitrogens is 1. The summed E-state index contributed by atoms with van der Waals surface area (Å²) >= 11 is 11.6. The van der Waals surface area contributed by atoms with Crippen LogP contribution >= 0.6 is 23.2 Å². The first kappa shape index (κ1) is 16.1. The molecule has 21 heavy (non-hydrogen) atoms. The number of nitrogens with one attached hydrogen (secondary N) is 1. The van der Waals surface area contributed by atoms with Gasteiger partial charge >= 0.3 is 0 Å². The van der Waals surface area contributed by atoms with E-state index in [-0.39, 0.29) is 27.2 Å². The summed E-state index contributed by atoms with van der Waals surface area (Å²) in [5.41, 5.74) is 6.08. The second kappa shape index (κ2) is 5.84. The van der Waals surface area contributed by atoms with Gasteiger partial charge in [-0.1, -0.05) is 23.2 Å². The zero-order valence-electron chi connectivity index (χ0n) is 10.9. The maximum atomic E-state index is 13.1. The van der Waals surface area contributed by atoms with E-state index in [0.29, 0.717) is 5.69 Å². The van der Waals surface area contributed by atoms with Gasteiger partial charge in [0.15, 0.2) is 0 Å². The van der Waals surface area contributed by atoms with Crippen molar-refractivity contribution >= 4 is 38.9 Å². The number of benzene rings is 1. The van der Waals surface area contributed by atoms with Gasteiger partial charge in [-0.2, -0.15) is 0 Å². The fourth-order valence-electron chi connectivity index (χ4n) is 1.76. The Hall–Kier alpha value is -1.28. The second-order valence-electron chi connectivity index (χ2n) is 4.33. The van der Waals surface area contributed by atoms with Gasteiger partial charge < -0.3 is 10.3 Å². The third-order valence-corrected chi connectivity index (χ3v) is 4.76. The number of hydrogen-bond acceptors (Lipinski definition) is 3. The van der Waals surface area contributed by atoms with Gasteiger partial charge in [0, 0.05) is 25.5 Å². The molecule has 0 aliphatic heterocycles. The molecule has 1 aromatic carbocycles. The highest BCUT2D eigenvalue weighted by Crippen LogP contribution is 2.33. The first-order valence-electron chi connectivity index (χ1n) is 5.77. The Morgan fingerprint density at radius 1 is 1.29 bits per heavy atom. The molecular weight excluding hydrogens is 340 g/mol. The lowest BCUT2D eigenvalue weighted by Crippen LogP contribution is -2.13. The summed E-state index contributed by atoms with van der Waals surface area (Å²) in [7, 11) is -2.22. The van der Waals surface area contributed by atoms with E-state index in [1.54, 1.807) is 11.6 Å². The zero-order chi connectivity index (χ0) is 15.8. The summed E-state index contributed by atoms with van der Waals surface area (Å²) in [5.74, 6) is -0.655. The lowest BCUT2D eigenvalue weighted by Gasteiger charge is -2.10. The minimum Gasteiger partial charge on any atom is -0.352 e. The summed E-state index contributed by atoms with van der Waals surface area (Å²) in [6, 6.07) is 3.39. The Morgan fingerprint density at radius 2 is 1.86 bits per heavy atom. The van der Waals surface area contributed by atoms with Crippen molar-refractivity contribution in [2.45, 2.75) is 11.4 Å². The molecule has 1 aromatic heterocycles. The summed E-state index contributed by atoms with van der Waals surface area (Å²) in [6.45, 7) is 0.198. The molecule has 114 valence electrons. The van der Waals surface area contributed by atoms with Crippen molar-refractivity contribution in [3.63, 3.8) is 0 Å². The predicted molar refractivity (Wildman–Crippen MR) is 80.5 cm³/mol. The molecule has 0 unspecified atom stereocenters. The summed E-state index contributed by atoms with van der Waals surface area (Å²) < 4.78 is 41.5. The van der Waals surface area contributed by atoms with Crippen LogP contribution in [-0.4, -0.2) is 13.0 Å². The Labute approximate surface area is 131 Å². The third kappa shape index (κ3) is 3.32. The topological polar surface area (TPSA) is 77.1 Å². The standard InChI is InChI=1S/C12H12Cl2FN3O2S/c1-18-6-9(4-8(18)5-16)21(19,20)17-12-10(13)2-7(15)3-11(12)14/h2-4,6,17H,5,16H2,1H3. The van der Waals surface area contributed by atoms with Gasteiger partial charge in [-0.05, 0) is 18.2 Å². The van der Waals surface area contributed by atoms with Gasteiger partial charge in [0.1, 0.15) is 10.7 Å².